The minimum atomic E-state index is -4.53. The molecule has 4 aromatic rings. The van der Waals surface area contributed by atoms with Gasteiger partial charge >= 0.3 is 7.82 Å². The van der Waals surface area contributed by atoms with Gasteiger partial charge in [0.2, 0.25) is 0 Å². The lowest BCUT2D eigenvalue weighted by Crippen LogP contribution is -2.24. The van der Waals surface area contributed by atoms with Crippen LogP contribution in [0.2, 0.25) is 0 Å². The lowest BCUT2D eigenvalue weighted by molar-refractivity contribution is 0.285. The van der Waals surface area contributed by atoms with E-state index in [0.29, 0.717) is 30.1 Å². The van der Waals surface area contributed by atoms with Crippen molar-refractivity contribution < 1.29 is 18.1 Å². The van der Waals surface area contributed by atoms with E-state index in [1.165, 1.54) is 33.4 Å². The van der Waals surface area contributed by atoms with Gasteiger partial charge in [-0.05, 0) is 93.4 Å². The SMILES string of the molecule is CC(C)(C)c1cc(Cc2cc(C(C)(C)C)cc(C(C)(C)C)c2OP2(=O)Oc3c(cc(C(C)(C)C)cc3C(C)(C)C)Cc3cc(C(C)(C)C)cc(C(C)(C)C)c3O2)cc(C(C)(C)C)c1. The molecule has 0 radical (unpaired) electrons. The van der Waals surface area contributed by atoms with Crippen LogP contribution in [-0.2, 0) is 60.7 Å². The first-order valence-corrected chi connectivity index (χ1v) is 24.9. The van der Waals surface area contributed by atoms with Crippen molar-refractivity contribution in [3.63, 3.8) is 0 Å². The molecule has 0 aliphatic carbocycles. The molecule has 0 bridgehead atoms. The molecule has 0 saturated carbocycles. The van der Waals surface area contributed by atoms with Crippen LogP contribution in [0.25, 0.3) is 0 Å². The molecule has 4 nitrogen and oxygen atoms in total. The number of fused-ring (bicyclic) bond motifs is 2. The van der Waals surface area contributed by atoms with Crippen molar-refractivity contribution >= 4 is 7.82 Å². The molecule has 0 amide bonds. The Balaban J connectivity index is 1.92. The Morgan fingerprint density at radius 2 is 0.730 bits per heavy atom. The molecule has 346 valence electrons. The van der Waals surface area contributed by atoms with Crippen molar-refractivity contribution in [1.29, 1.82) is 0 Å². The van der Waals surface area contributed by atoms with Crippen molar-refractivity contribution in [2.45, 2.75) is 222 Å². The molecule has 4 aromatic carbocycles. The second-order valence-electron chi connectivity index (χ2n) is 27.0. The van der Waals surface area contributed by atoms with Gasteiger partial charge in [0.25, 0.3) is 0 Å². The highest BCUT2D eigenvalue weighted by Crippen LogP contribution is 2.59. The quantitative estimate of drug-likeness (QED) is 0.192. The maximum Gasteiger partial charge on any atom is 0.647 e. The zero-order chi connectivity index (χ0) is 48.1. The molecule has 0 aromatic heterocycles. The van der Waals surface area contributed by atoms with Gasteiger partial charge in [0.15, 0.2) is 0 Å². The molecular weight excluding hydrogens is 792 g/mol. The summed E-state index contributed by atoms with van der Waals surface area (Å²) in [5.74, 6) is 1.73. The van der Waals surface area contributed by atoms with Crippen molar-refractivity contribution in [1.82, 2.24) is 0 Å². The summed E-state index contributed by atoms with van der Waals surface area (Å²) in [4.78, 5) is 0. The van der Waals surface area contributed by atoms with E-state index in [4.69, 9.17) is 13.6 Å². The zero-order valence-electron chi connectivity index (χ0n) is 44.2. The van der Waals surface area contributed by atoms with Crippen LogP contribution in [0, 0.1) is 0 Å². The normalized spacial score (nSPS) is 15.4. The molecule has 5 rings (SSSR count). The molecule has 0 N–H and O–H groups in total. The van der Waals surface area contributed by atoms with Gasteiger partial charge in [-0.2, -0.15) is 4.57 Å². The molecule has 5 heteroatoms. The summed E-state index contributed by atoms with van der Waals surface area (Å²) in [6, 6.07) is 20.6. The molecule has 1 aliphatic rings. The first-order chi connectivity index (χ1) is 28.1. The first kappa shape index (κ1) is 50.5. The fourth-order valence-electron chi connectivity index (χ4n) is 8.23. The summed E-state index contributed by atoms with van der Waals surface area (Å²) in [5.41, 5.74) is 11.6. The van der Waals surface area contributed by atoms with Gasteiger partial charge in [-0.1, -0.05) is 221 Å². The van der Waals surface area contributed by atoms with Crippen LogP contribution < -0.4 is 13.6 Å². The molecule has 1 aliphatic heterocycles. The molecule has 0 saturated heterocycles. The average Bonchev–Trinajstić information content (AvgIpc) is 3.05. The first-order valence-electron chi connectivity index (χ1n) is 23.5. The van der Waals surface area contributed by atoms with Crippen molar-refractivity contribution in [2.24, 2.45) is 0 Å². The van der Waals surface area contributed by atoms with Crippen molar-refractivity contribution in [2.75, 3.05) is 0 Å². The highest BCUT2D eigenvalue weighted by Gasteiger charge is 2.43. The predicted molar refractivity (Wildman–Crippen MR) is 270 cm³/mol. The van der Waals surface area contributed by atoms with E-state index >= 15 is 4.57 Å². The largest absolute Gasteiger partial charge is 0.647 e. The smallest absolute Gasteiger partial charge is 0.385 e. The Kier molecular flexibility index (Phi) is 12.9. The number of phosphoric ester groups is 1. The number of hydrogen-bond donors (Lipinski definition) is 0. The minimum Gasteiger partial charge on any atom is -0.385 e. The van der Waals surface area contributed by atoms with E-state index in [1.54, 1.807) is 0 Å². The lowest BCUT2D eigenvalue weighted by atomic mass is 9.76. The summed E-state index contributed by atoms with van der Waals surface area (Å²) in [5, 5.41) is 0. The third kappa shape index (κ3) is 11.5. The van der Waals surface area contributed by atoms with Crippen LogP contribution >= 0.6 is 7.82 Å². The molecule has 63 heavy (non-hydrogen) atoms. The van der Waals surface area contributed by atoms with Crippen LogP contribution in [0.4, 0.5) is 0 Å². The highest BCUT2D eigenvalue weighted by molar-refractivity contribution is 7.49. The van der Waals surface area contributed by atoms with Gasteiger partial charge in [0, 0.05) is 29.5 Å². The number of rotatable bonds is 4. The minimum absolute atomic E-state index is 0.0552. The second-order valence-corrected chi connectivity index (χ2v) is 28.5. The Hall–Kier alpha value is -3.49. The van der Waals surface area contributed by atoms with Crippen LogP contribution in [0.3, 0.4) is 0 Å². The van der Waals surface area contributed by atoms with Gasteiger partial charge in [-0.3, -0.25) is 0 Å². The summed E-state index contributed by atoms with van der Waals surface area (Å²) in [6.45, 7) is 53.8. The predicted octanol–water partition coefficient (Wildman–Crippen LogP) is 17.2. The molecule has 0 fully saturated rings. The second kappa shape index (κ2) is 16.1. The zero-order valence-corrected chi connectivity index (χ0v) is 45.1. The molecule has 0 atom stereocenters. The maximum atomic E-state index is 16.5. The van der Waals surface area contributed by atoms with Crippen molar-refractivity contribution in [3.8, 4) is 17.2 Å². The topological polar surface area (TPSA) is 44.8 Å². The highest BCUT2D eigenvalue weighted by atomic mass is 31.2. The van der Waals surface area contributed by atoms with E-state index in [1.807, 2.05) is 0 Å². The van der Waals surface area contributed by atoms with E-state index in [-0.39, 0.29) is 43.3 Å². The van der Waals surface area contributed by atoms with Gasteiger partial charge < -0.3 is 13.6 Å². The summed E-state index contributed by atoms with van der Waals surface area (Å²) in [6.07, 6.45) is 1.14. The Morgan fingerprint density at radius 1 is 0.413 bits per heavy atom. The van der Waals surface area contributed by atoms with Crippen LogP contribution in [0.1, 0.15) is 233 Å². The maximum absolute atomic E-state index is 16.5. The van der Waals surface area contributed by atoms with Crippen LogP contribution in [0.5, 0.6) is 17.2 Å². The fraction of sp³-hybridized carbons (Fsp3) is 0.586. The van der Waals surface area contributed by atoms with Gasteiger partial charge in [-0.25, -0.2) is 0 Å². The molecule has 1 heterocycles. The van der Waals surface area contributed by atoms with Crippen LogP contribution in [-0.4, -0.2) is 0 Å². The average molecular weight is 877 g/mol. The lowest BCUT2D eigenvalue weighted by Gasteiger charge is -2.35. The summed E-state index contributed by atoms with van der Waals surface area (Å²) >= 11 is 0. The third-order valence-corrected chi connectivity index (χ3v) is 13.8. The Labute approximate surface area is 385 Å². The van der Waals surface area contributed by atoms with Crippen LogP contribution in [0.15, 0.2) is 54.6 Å². The summed E-state index contributed by atoms with van der Waals surface area (Å²) in [7, 11) is -4.53. The van der Waals surface area contributed by atoms with Crippen molar-refractivity contribution in [3.05, 3.63) is 121 Å². The third-order valence-electron chi connectivity index (χ3n) is 12.6. The van der Waals surface area contributed by atoms with Gasteiger partial charge in [0.1, 0.15) is 17.2 Å². The molecule has 0 spiro atoms. The number of hydrogen-bond acceptors (Lipinski definition) is 4. The standard InChI is InChI=1S/C58H85O4P/c1-51(2,3)40-26-36(27-41(32-40)52(4,5)6)25-37-29-42(53(7,8)9)33-45(56(16,17)18)48(37)60-63(59)61-49-38(30-43(54(10,11)12)34-46(49)57(19,20)21)28-39-31-44(55(13,14)15)35-47(50(39)62-63)58(22,23)24/h26-27,29-35H,25,28H2,1-24H3. The molecule has 0 unspecified atom stereocenters. The monoisotopic (exact) mass is 877 g/mol. The van der Waals surface area contributed by atoms with E-state index in [2.05, 4.69) is 221 Å². The fourth-order valence-corrected chi connectivity index (χ4v) is 9.66. The number of phosphoric acid groups is 1. The Morgan fingerprint density at radius 3 is 1.06 bits per heavy atom. The van der Waals surface area contributed by atoms with E-state index in [0.717, 1.165) is 33.4 Å². The van der Waals surface area contributed by atoms with Gasteiger partial charge in [0.05, 0.1) is 0 Å². The Bertz CT molecular complexity index is 2290. The summed E-state index contributed by atoms with van der Waals surface area (Å²) < 4.78 is 37.9. The molecular formula is C58H85O4P. The number of benzene rings is 4. The van der Waals surface area contributed by atoms with E-state index in [9.17, 15) is 0 Å². The van der Waals surface area contributed by atoms with Gasteiger partial charge in [-0.15, -0.1) is 0 Å². The van der Waals surface area contributed by atoms with E-state index < -0.39 is 7.82 Å².